The van der Waals surface area contributed by atoms with Gasteiger partial charge in [0.2, 0.25) is 5.79 Å². The summed E-state index contributed by atoms with van der Waals surface area (Å²) >= 11 is 14.4. The topological polar surface area (TPSA) is 82.2 Å². The van der Waals surface area contributed by atoms with Crippen molar-refractivity contribution in [2.45, 2.75) is 38.3 Å². The van der Waals surface area contributed by atoms with Crippen LogP contribution in [0.5, 0.6) is 5.75 Å². The second-order valence-electron chi connectivity index (χ2n) is 12.1. The van der Waals surface area contributed by atoms with Crippen molar-refractivity contribution in [2.75, 3.05) is 49.2 Å². The SMILES string of the molecule is CC(C)n1ccs/c1=N/c1ccc(N2CCN(c3ccc(OCC4COC(Cn5cncn5)(c5ccc(Cl)cc5Cl)O4)cc3)CC2)cc1. The summed E-state index contributed by atoms with van der Waals surface area (Å²) in [4.78, 5) is 14.8. The predicted octanol–water partition coefficient (Wildman–Crippen LogP) is 6.94. The molecule has 2 fully saturated rings. The van der Waals surface area contributed by atoms with Gasteiger partial charge in [-0.25, -0.2) is 14.7 Å². The van der Waals surface area contributed by atoms with E-state index in [2.05, 4.69) is 86.3 Å². The number of hydrogen-bond donors (Lipinski definition) is 0. The van der Waals surface area contributed by atoms with Gasteiger partial charge in [0.05, 0.1) is 17.3 Å². The van der Waals surface area contributed by atoms with Crippen molar-refractivity contribution in [3.8, 4) is 5.75 Å². The molecule has 2 aliphatic heterocycles. The largest absolute Gasteiger partial charge is 0.491 e. The van der Waals surface area contributed by atoms with Gasteiger partial charge < -0.3 is 28.6 Å². The monoisotopic (exact) mass is 705 g/mol. The summed E-state index contributed by atoms with van der Waals surface area (Å²) < 4.78 is 22.8. The standard InChI is InChI=1S/C35H37Cl2N7O3S/c1-25(2)44-17-18-48-34(44)40-27-4-6-28(7-5-27)41-13-15-42(16-14-41)29-8-10-30(11-9-29)45-20-31-21-46-35(47-31,22-43-24-38-23-39-43)32-12-3-26(36)19-33(32)37/h3-12,17-19,23-25,31H,13-16,20-22H2,1-2H3/b40-34+. The van der Waals surface area contributed by atoms with Gasteiger partial charge in [-0.15, -0.1) is 11.3 Å². The van der Waals surface area contributed by atoms with Gasteiger partial charge >= 0.3 is 0 Å². The maximum absolute atomic E-state index is 6.59. The zero-order valence-electron chi connectivity index (χ0n) is 26.8. The highest BCUT2D eigenvalue weighted by atomic mass is 35.5. The number of thiazole rings is 1. The number of aromatic nitrogens is 4. The molecule has 10 nitrogen and oxygen atoms in total. The van der Waals surface area contributed by atoms with Crippen LogP contribution in [-0.2, 0) is 21.8 Å². The molecule has 7 rings (SSSR count). The minimum atomic E-state index is -1.15. The van der Waals surface area contributed by atoms with Gasteiger partial charge in [-0.1, -0.05) is 29.3 Å². The molecule has 0 bridgehead atoms. The Hall–Kier alpha value is -3.87. The van der Waals surface area contributed by atoms with Crippen molar-refractivity contribution < 1.29 is 14.2 Å². The minimum Gasteiger partial charge on any atom is -0.491 e. The predicted molar refractivity (Wildman–Crippen MR) is 190 cm³/mol. The Morgan fingerprint density at radius 2 is 1.69 bits per heavy atom. The number of piperazine rings is 1. The van der Waals surface area contributed by atoms with E-state index in [0.717, 1.165) is 42.4 Å². The van der Waals surface area contributed by atoms with E-state index < -0.39 is 5.79 Å². The molecule has 4 heterocycles. The van der Waals surface area contributed by atoms with Crippen LogP contribution in [0.3, 0.4) is 0 Å². The van der Waals surface area contributed by atoms with Crippen molar-refractivity contribution >= 4 is 51.6 Å². The molecule has 2 unspecified atom stereocenters. The number of hydrogen-bond acceptors (Lipinski definition) is 9. The second kappa shape index (κ2) is 14.3. The summed E-state index contributed by atoms with van der Waals surface area (Å²) in [6.45, 7) is 9.04. The van der Waals surface area contributed by atoms with Crippen molar-refractivity contribution in [3.63, 3.8) is 0 Å². The molecule has 48 heavy (non-hydrogen) atoms. The first-order valence-electron chi connectivity index (χ1n) is 16.0. The molecule has 2 aromatic heterocycles. The van der Waals surface area contributed by atoms with Crippen LogP contribution in [0.15, 0.2) is 96.0 Å². The van der Waals surface area contributed by atoms with Crippen LogP contribution in [0, 0.1) is 0 Å². The third-order valence-corrected chi connectivity index (χ3v) is 9.89. The molecule has 3 aromatic carbocycles. The molecular weight excluding hydrogens is 669 g/mol. The van der Waals surface area contributed by atoms with E-state index in [1.54, 1.807) is 34.5 Å². The van der Waals surface area contributed by atoms with Gasteiger partial charge in [-0.05, 0) is 74.5 Å². The van der Waals surface area contributed by atoms with Gasteiger partial charge in [-0.3, -0.25) is 0 Å². The first kappa shape index (κ1) is 32.7. The summed E-state index contributed by atoms with van der Waals surface area (Å²) in [7, 11) is 0. The molecule has 0 aliphatic carbocycles. The van der Waals surface area contributed by atoms with Crippen LogP contribution < -0.4 is 19.3 Å². The lowest BCUT2D eigenvalue weighted by molar-refractivity contribution is -0.190. The number of ether oxygens (including phenoxy) is 3. The Kier molecular flexibility index (Phi) is 9.74. The molecule has 5 aromatic rings. The maximum atomic E-state index is 6.59. The van der Waals surface area contributed by atoms with Gasteiger partial charge in [0.1, 0.15) is 37.7 Å². The van der Waals surface area contributed by atoms with Crippen LogP contribution in [0.4, 0.5) is 17.1 Å². The van der Waals surface area contributed by atoms with Gasteiger partial charge in [-0.2, -0.15) is 5.10 Å². The average molecular weight is 707 g/mol. The lowest BCUT2D eigenvalue weighted by Crippen LogP contribution is -2.46. The van der Waals surface area contributed by atoms with Crippen molar-refractivity contribution in [3.05, 3.63) is 111 Å². The normalized spacial score (nSPS) is 20.2. The van der Waals surface area contributed by atoms with Crippen molar-refractivity contribution in [2.24, 2.45) is 4.99 Å². The Morgan fingerprint density at radius 1 is 0.979 bits per heavy atom. The fraction of sp³-hybridized carbons (Fsp3) is 0.343. The molecule has 250 valence electrons. The molecule has 0 saturated carbocycles. The number of rotatable bonds is 10. The number of halogens is 2. The van der Waals surface area contributed by atoms with E-state index >= 15 is 0 Å². The number of anilines is 2. The third-order valence-electron chi connectivity index (χ3n) is 8.57. The Morgan fingerprint density at radius 3 is 2.33 bits per heavy atom. The zero-order chi connectivity index (χ0) is 33.1. The average Bonchev–Trinajstić information content (AvgIpc) is 3.87. The zero-order valence-corrected chi connectivity index (χ0v) is 29.1. The molecule has 2 atom stereocenters. The van der Waals surface area contributed by atoms with E-state index in [-0.39, 0.29) is 12.6 Å². The summed E-state index contributed by atoms with van der Waals surface area (Å²) in [6.07, 6.45) is 4.87. The summed E-state index contributed by atoms with van der Waals surface area (Å²) in [5.74, 6) is -0.376. The summed E-state index contributed by atoms with van der Waals surface area (Å²) in [5, 5.41) is 7.32. The van der Waals surface area contributed by atoms with E-state index in [4.69, 9.17) is 42.4 Å². The van der Waals surface area contributed by atoms with Gasteiger partial charge in [0, 0.05) is 65.8 Å². The highest BCUT2D eigenvalue weighted by Crippen LogP contribution is 2.40. The Labute approximate surface area is 293 Å². The Bertz CT molecular complexity index is 1870. The van der Waals surface area contributed by atoms with E-state index in [9.17, 15) is 0 Å². The van der Waals surface area contributed by atoms with E-state index in [1.807, 2.05) is 18.2 Å². The molecule has 0 radical (unpaired) electrons. The van der Waals surface area contributed by atoms with Gasteiger partial charge in [0.15, 0.2) is 4.80 Å². The fourth-order valence-electron chi connectivity index (χ4n) is 6.05. The summed E-state index contributed by atoms with van der Waals surface area (Å²) in [6, 6.07) is 22.5. The van der Waals surface area contributed by atoms with Crippen LogP contribution in [0.25, 0.3) is 0 Å². The van der Waals surface area contributed by atoms with E-state index in [0.29, 0.717) is 34.9 Å². The summed E-state index contributed by atoms with van der Waals surface area (Å²) in [5.41, 5.74) is 4.05. The fourth-order valence-corrected chi connectivity index (χ4v) is 7.47. The highest BCUT2D eigenvalue weighted by Gasteiger charge is 2.45. The Balaban J connectivity index is 0.925. The van der Waals surface area contributed by atoms with Gasteiger partial charge in [0.25, 0.3) is 0 Å². The molecule has 2 aliphatic rings. The lowest BCUT2D eigenvalue weighted by atomic mass is 10.1. The van der Waals surface area contributed by atoms with Crippen molar-refractivity contribution in [1.29, 1.82) is 0 Å². The molecule has 0 spiro atoms. The smallest absolute Gasteiger partial charge is 0.217 e. The maximum Gasteiger partial charge on any atom is 0.217 e. The molecule has 0 N–H and O–H groups in total. The quantitative estimate of drug-likeness (QED) is 0.156. The highest BCUT2D eigenvalue weighted by molar-refractivity contribution is 7.07. The number of benzene rings is 3. The molecule has 0 amide bonds. The second-order valence-corrected chi connectivity index (χ2v) is 13.8. The lowest BCUT2D eigenvalue weighted by Gasteiger charge is -2.37. The minimum absolute atomic E-state index is 0.280. The van der Waals surface area contributed by atoms with Crippen LogP contribution in [-0.4, -0.2) is 64.8 Å². The third kappa shape index (κ3) is 7.25. The molecule has 13 heteroatoms. The molecule has 2 saturated heterocycles. The first-order chi connectivity index (χ1) is 23.3. The van der Waals surface area contributed by atoms with Crippen LogP contribution in [0.2, 0.25) is 10.0 Å². The first-order valence-corrected chi connectivity index (χ1v) is 17.6. The van der Waals surface area contributed by atoms with Crippen molar-refractivity contribution in [1.82, 2.24) is 19.3 Å². The van der Waals surface area contributed by atoms with Crippen LogP contribution in [0.1, 0.15) is 25.5 Å². The van der Waals surface area contributed by atoms with E-state index in [1.165, 1.54) is 17.7 Å². The molecular formula is C35H37Cl2N7O3S. The number of nitrogens with zero attached hydrogens (tertiary/aromatic N) is 7. The van der Waals surface area contributed by atoms with Crippen LogP contribution >= 0.6 is 34.5 Å².